The van der Waals surface area contributed by atoms with E-state index in [4.69, 9.17) is 0 Å². The molecule has 9 heteroatoms. The van der Waals surface area contributed by atoms with E-state index in [1.54, 1.807) is 42.5 Å². The Morgan fingerprint density at radius 3 is 2.14 bits per heavy atom. The van der Waals surface area contributed by atoms with E-state index in [0.717, 1.165) is 37.5 Å². The van der Waals surface area contributed by atoms with E-state index in [1.807, 2.05) is 81.4 Å². The van der Waals surface area contributed by atoms with Crippen molar-refractivity contribution in [2.24, 2.45) is 0 Å². The Bertz CT molecular complexity index is 1660. The average molecular weight is 677 g/mol. The molecule has 1 N–H and O–H groups in total. The molecule has 0 radical (unpaired) electrons. The SMILES string of the molecule is CCCNC(=O)C(Cc1ccccc1)N(Cc1ccc(Br)cc1)C(=O)CN(c1cccc(C)c1)S(=O)(=O)c1ccc(C)cc1. The molecule has 4 aromatic rings. The van der Waals surface area contributed by atoms with Crippen LogP contribution >= 0.6 is 15.9 Å². The van der Waals surface area contributed by atoms with Gasteiger partial charge in [-0.1, -0.05) is 95.1 Å². The molecule has 2 amide bonds. The van der Waals surface area contributed by atoms with Gasteiger partial charge >= 0.3 is 0 Å². The zero-order valence-electron chi connectivity index (χ0n) is 25.2. The summed E-state index contributed by atoms with van der Waals surface area (Å²) < 4.78 is 30.3. The third-order valence-electron chi connectivity index (χ3n) is 7.26. The highest BCUT2D eigenvalue weighted by Crippen LogP contribution is 2.26. The second-order valence-electron chi connectivity index (χ2n) is 10.8. The Morgan fingerprint density at radius 1 is 0.818 bits per heavy atom. The van der Waals surface area contributed by atoms with Gasteiger partial charge in [-0.15, -0.1) is 0 Å². The number of halogens is 1. The lowest BCUT2D eigenvalue weighted by atomic mass is 10.0. The number of rotatable bonds is 13. The van der Waals surface area contributed by atoms with Crippen LogP contribution in [0.25, 0.3) is 0 Å². The van der Waals surface area contributed by atoms with Gasteiger partial charge in [0.15, 0.2) is 0 Å². The molecule has 0 aliphatic rings. The van der Waals surface area contributed by atoms with Crippen molar-refractivity contribution in [1.82, 2.24) is 10.2 Å². The number of anilines is 1. The molecule has 0 spiro atoms. The van der Waals surface area contributed by atoms with Gasteiger partial charge in [-0.25, -0.2) is 8.42 Å². The molecule has 7 nitrogen and oxygen atoms in total. The van der Waals surface area contributed by atoms with Gasteiger partial charge in [0.2, 0.25) is 11.8 Å². The number of sulfonamides is 1. The Morgan fingerprint density at radius 2 is 1.50 bits per heavy atom. The third-order valence-corrected chi connectivity index (χ3v) is 9.58. The summed E-state index contributed by atoms with van der Waals surface area (Å²) in [4.78, 5) is 29.7. The number of aryl methyl sites for hydroxylation is 2. The molecule has 1 atom stereocenters. The normalized spacial score (nSPS) is 11.9. The largest absolute Gasteiger partial charge is 0.354 e. The third kappa shape index (κ3) is 8.57. The van der Waals surface area contributed by atoms with Crippen LogP contribution in [0.2, 0.25) is 0 Å². The van der Waals surface area contributed by atoms with Crippen LogP contribution < -0.4 is 9.62 Å². The van der Waals surface area contributed by atoms with Crippen molar-refractivity contribution < 1.29 is 18.0 Å². The molecular weight excluding hydrogens is 638 g/mol. The predicted octanol–water partition coefficient (Wildman–Crippen LogP) is 6.43. The Hall–Kier alpha value is -3.95. The van der Waals surface area contributed by atoms with Crippen molar-refractivity contribution in [3.8, 4) is 0 Å². The summed E-state index contributed by atoms with van der Waals surface area (Å²) in [6, 6.07) is 29.8. The highest BCUT2D eigenvalue weighted by atomic mass is 79.9. The maximum atomic E-state index is 14.5. The summed E-state index contributed by atoms with van der Waals surface area (Å²) in [5.41, 5.74) is 3.85. The van der Waals surface area contributed by atoms with E-state index in [9.17, 15) is 18.0 Å². The molecule has 0 aliphatic heterocycles. The van der Waals surface area contributed by atoms with Crippen molar-refractivity contribution in [2.75, 3.05) is 17.4 Å². The van der Waals surface area contributed by atoms with Crippen molar-refractivity contribution in [2.45, 2.75) is 51.1 Å². The maximum absolute atomic E-state index is 14.5. The number of amides is 2. The van der Waals surface area contributed by atoms with E-state index in [-0.39, 0.29) is 23.8 Å². The molecule has 0 saturated heterocycles. The van der Waals surface area contributed by atoms with Gasteiger partial charge in [-0.3, -0.25) is 13.9 Å². The van der Waals surface area contributed by atoms with E-state index < -0.39 is 28.5 Å². The summed E-state index contributed by atoms with van der Waals surface area (Å²) in [6.07, 6.45) is 1.01. The lowest BCUT2D eigenvalue weighted by molar-refractivity contribution is -0.140. The number of nitrogens with zero attached hydrogens (tertiary/aromatic N) is 2. The molecule has 0 bridgehead atoms. The van der Waals surface area contributed by atoms with E-state index in [0.29, 0.717) is 12.2 Å². The van der Waals surface area contributed by atoms with Gasteiger partial charge < -0.3 is 10.2 Å². The van der Waals surface area contributed by atoms with Crippen LogP contribution in [-0.2, 0) is 32.6 Å². The summed E-state index contributed by atoms with van der Waals surface area (Å²) in [5, 5.41) is 2.96. The zero-order valence-corrected chi connectivity index (χ0v) is 27.6. The maximum Gasteiger partial charge on any atom is 0.264 e. The molecule has 4 rings (SSSR count). The summed E-state index contributed by atoms with van der Waals surface area (Å²) >= 11 is 3.46. The van der Waals surface area contributed by atoms with Crippen molar-refractivity contribution >= 4 is 43.5 Å². The molecule has 0 aliphatic carbocycles. The molecule has 0 fully saturated rings. The lowest BCUT2D eigenvalue weighted by Gasteiger charge is -2.34. The van der Waals surface area contributed by atoms with E-state index in [2.05, 4.69) is 21.2 Å². The Kier molecular flexibility index (Phi) is 11.4. The molecule has 0 saturated carbocycles. The fourth-order valence-electron chi connectivity index (χ4n) is 4.86. The quantitative estimate of drug-likeness (QED) is 0.177. The smallest absolute Gasteiger partial charge is 0.264 e. The number of carbonyl (C=O) groups excluding carboxylic acids is 2. The first-order valence-corrected chi connectivity index (χ1v) is 16.8. The monoisotopic (exact) mass is 675 g/mol. The second kappa shape index (κ2) is 15.2. The van der Waals surface area contributed by atoms with Crippen LogP contribution in [0.5, 0.6) is 0 Å². The first-order chi connectivity index (χ1) is 21.1. The van der Waals surface area contributed by atoms with Crippen LogP contribution in [0.1, 0.15) is 35.6 Å². The molecule has 44 heavy (non-hydrogen) atoms. The first-order valence-electron chi connectivity index (χ1n) is 14.6. The van der Waals surface area contributed by atoms with Gasteiger partial charge in [0.25, 0.3) is 10.0 Å². The predicted molar refractivity (Wildman–Crippen MR) is 179 cm³/mol. The van der Waals surface area contributed by atoms with Crippen LogP contribution in [-0.4, -0.2) is 44.3 Å². The van der Waals surface area contributed by atoms with Crippen LogP contribution in [0.3, 0.4) is 0 Å². The number of carbonyl (C=O) groups is 2. The fraction of sp³-hybridized carbons (Fsp3) is 0.257. The second-order valence-corrected chi connectivity index (χ2v) is 13.6. The number of hydrogen-bond acceptors (Lipinski definition) is 4. The fourth-order valence-corrected chi connectivity index (χ4v) is 6.53. The van der Waals surface area contributed by atoms with Gasteiger partial charge in [0.1, 0.15) is 12.6 Å². The first kappa shape index (κ1) is 33.0. The standard InChI is InChI=1S/C35H38BrN3O4S/c1-4-21-37-35(41)33(23-28-10-6-5-7-11-28)38(24-29-15-17-30(36)18-16-29)34(40)25-39(31-12-8-9-27(3)22-31)44(42,43)32-19-13-26(2)14-20-32/h5-20,22,33H,4,21,23-25H2,1-3H3,(H,37,41). The van der Waals surface area contributed by atoms with Gasteiger partial charge in [0, 0.05) is 24.0 Å². The molecule has 230 valence electrons. The highest BCUT2D eigenvalue weighted by Gasteiger charge is 2.34. The zero-order chi connectivity index (χ0) is 31.7. The van der Waals surface area contributed by atoms with Crippen molar-refractivity contribution in [3.63, 3.8) is 0 Å². The van der Waals surface area contributed by atoms with Gasteiger partial charge in [-0.2, -0.15) is 0 Å². The van der Waals surface area contributed by atoms with Crippen LogP contribution in [0.15, 0.2) is 112 Å². The van der Waals surface area contributed by atoms with E-state index in [1.165, 1.54) is 4.90 Å². The molecule has 0 aromatic heterocycles. The average Bonchev–Trinajstić information content (AvgIpc) is 3.01. The number of benzene rings is 4. The lowest BCUT2D eigenvalue weighted by Crippen LogP contribution is -2.53. The minimum absolute atomic E-state index is 0.0818. The molecule has 4 aromatic carbocycles. The minimum Gasteiger partial charge on any atom is -0.354 e. The minimum atomic E-state index is -4.13. The van der Waals surface area contributed by atoms with E-state index >= 15 is 0 Å². The van der Waals surface area contributed by atoms with Crippen LogP contribution in [0, 0.1) is 13.8 Å². The summed E-state index contributed by atoms with van der Waals surface area (Å²) in [5.74, 6) is -0.776. The topological polar surface area (TPSA) is 86.8 Å². The molecular formula is C35H38BrN3O4S. The van der Waals surface area contributed by atoms with Crippen molar-refractivity contribution in [3.05, 3.63) is 130 Å². The number of hydrogen-bond donors (Lipinski definition) is 1. The molecule has 1 unspecified atom stereocenters. The van der Waals surface area contributed by atoms with Crippen molar-refractivity contribution in [1.29, 1.82) is 0 Å². The summed E-state index contributed by atoms with van der Waals surface area (Å²) in [7, 11) is -4.13. The van der Waals surface area contributed by atoms with Gasteiger partial charge in [-0.05, 0) is 73.4 Å². The Labute approximate surface area is 269 Å². The Balaban J connectivity index is 1.79. The molecule has 0 heterocycles. The highest BCUT2D eigenvalue weighted by molar-refractivity contribution is 9.10. The number of nitrogens with one attached hydrogen (secondary N) is 1. The van der Waals surface area contributed by atoms with Crippen LogP contribution in [0.4, 0.5) is 5.69 Å². The van der Waals surface area contributed by atoms with Gasteiger partial charge in [0.05, 0.1) is 10.6 Å². The summed E-state index contributed by atoms with van der Waals surface area (Å²) in [6.45, 7) is 5.82.